The van der Waals surface area contributed by atoms with Gasteiger partial charge in [0, 0.05) is 16.6 Å². The van der Waals surface area contributed by atoms with E-state index in [-0.39, 0.29) is 5.91 Å². The van der Waals surface area contributed by atoms with Crippen molar-refractivity contribution in [3.8, 4) is 11.5 Å². The van der Waals surface area contributed by atoms with E-state index in [1.165, 1.54) is 11.8 Å². The van der Waals surface area contributed by atoms with E-state index in [1.807, 2.05) is 42.5 Å². The Bertz CT molecular complexity index is 656. The summed E-state index contributed by atoms with van der Waals surface area (Å²) in [6.07, 6.45) is 1.68. The van der Waals surface area contributed by atoms with Crippen molar-refractivity contribution in [2.75, 3.05) is 24.8 Å². The minimum absolute atomic E-state index is 0.0633. The SMILES string of the molecule is C=CCOc1cccc(NC(=O)CSc2ccc(OC)cc2)c1. The van der Waals surface area contributed by atoms with Crippen LogP contribution < -0.4 is 14.8 Å². The summed E-state index contributed by atoms with van der Waals surface area (Å²) < 4.78 is 10.5. The lowest BCUT2D eigenvalue weighted by Gasteiger charge is -2.08. The number of hydrogen-bond acceptors (Lipinski definition) is 4. The van der Waals surface area contributed by atoms with Crippen LogP contribution in [0.25, 0.3) is 0 Å². The highest BCUT2D eigenvalue weighted by Crippen LogP contribution is 2.22. The van der Waals surface area contributed by atoms with E-state index >= 15 is 0 Å². The molecule has 2 aromatic rings. The van der Waals surface area contributed by atoms with Crippen LogP contribution >= 0.6 is 11.8 Å². The average molecular weight is 329 g/mol. The van der Waals surface area contributed by atoms with Gasteiger partial charge in [0.05, 0.1) is 12.9 Å². The van der Waals surface area contributed by atoms with E-state index in [9.17, 15) is 4.79 Å². The van der Waals surface area contributed by atoms with Crippen LogP contribution in [0.4, 0.5) is 5.69 Å². The predicted octanol–water partition coefficient (Wildman–Crippen LogP) is 3.99. The minimum atomic E-state index is -0.0633. The number of methoxy groups -OCH3 is 1. The molecule has 1 N–H and O–H groups in total. The number of rotatable bonds is 8. The van der Waals surface area contributed by atoms with E-state index in [4.69, 9.17) is 9.47 Å². The molecule has 0 radical (unpaired) electrons. The Hall–Kier alpha value is -2.40. The largest absolute Gasteiger partial charge is 0.497 e. The molecular formula is C18H19NO3S. The Kier molecular flexibility index (Phi) is 6.56. The number of carbonyl (C=O) groups excluding carboxylic acids is 1. The van der Waals surface area contributed by atoms with Crippen molar-refractivity contribution in [1.82, 2.24) is 0 Å². The zero-order valence-electron chi connectivity index (χ0n) is 13.0. The van der Waals surface area contributed by atoms with E-state index in [0.29, 0.717) is 23.8 Å². The lowest BCUT2D eigenvalue weighted by atomic mass is 10.3. The Morgan fingerprint density at radius 2 is 2.00 bits per heavy atom. The molecule has 2 aromatic carbocycles. The van der Waals surface area contributed by atoms with Crippen molar-refractivity contribution in [3.05, 3.63) is 61.2 Å². The molecule has 0 aromatic heterocycles. The van der Waals surface area contributed by atoms with Gasteiger partial charge in [-0.2, -0.15) is 0 Å². The van der Waals surface area contributed by atoms with E-state index < -0.39 is 0 Å². The van der Waals surface area contributed by atoms with Crippen molar-refractivity contribution in [2.45, 2.75) is 4.90 Å². The van der Waals surface area contributed by atoms with Crippen LogP contribution in [0.2, 0.25) is 0 Å². The Morgan fingerprint density at radius 1 is 1.22 bits per heavy atom. The average Bonchev–Trinajstić information content (AvgIpc) is 2.59. The maximum atomic E-state index is 12.0. The summed E-state index contributed by atoms with van der Waals surface area (Å²) >= 11 is 1.47. The van der Waals surface area contributed by atoms with Crippen molar-refractivity contribution in [2.24, 2.45) is 0 Å². The lowest BCUT2D eigenvalue weighted by Crippen LogP contribution is -2.14. The van der Waals surface area contributed by atoms with Crippen molar-refractivity contribution in [1.29, 1.82) is 0 Å². The summed E-state index contributed by atoms with van der Waals surface area (Å²) in [5, 5.41) is 2.86. The van der Waals surface area contributed by atoms with Gasteiger partial charge in [0.25, 0.3) is 0 Å². The smallest absolute Gasteiger partial charge is 0.234 e. The van der Waals surface area contributed by atoms with Crippen molar-refractivity contribution < 1.29 is 14.3 Å². The number of benzene rings is 2. The molecule has 0 atom stereocenters. The Labute approximate surface area is 140 Å². The first kappa shape index (κ1) is 17.0. The van der Waals surface area contributed by atoms with Gasteiger partial charge in [0.2, 0.25) is 5.91 Å². The maximum Gasteiger partial charge on any atom is 0.234 e. The second-order valence-corrected chi connectivity index (χ2v) is 5.69. The molecule has 0 unspecified atom stereocenters. The minimum Gasteiger partial charge on any atom is -0.497 e. The molecule has 2 rings (SSSR count). The van der Waals surface area contributed by atoms with Crippen LogP contribution in [0.15, 0.2) is 66.1 Å². The topological polar surface area (TPSA) is 47.6 Å². The number of amides is 1. The molecule has 0 aliphatic carbocycles. The van der Waals surface area contributed by atoms with Crippen molar-refractivity contribution >= 4 is 23.4 Å². The molecule has 0 heterocycles. The molecule has 120 valence electrons. The van der Waals surface area contributed by atoms with E-state index in [1.54, 1.807) is 19.3 Å². The fraction of sp³-hybridized carbons (Fsp3) is 0.167. The molecule has 0 aliphatic rings. The van der Waals surface area contributed by atoms with E-state index in [0.717, 1.165) is 10.6 Å². The molecule has 0 saturated carbocycles. The summed E-state index contributed by atoms with van der Waals surface area (Å²) in [7, 11) is 1.63. The molecule has 1 amide bonds. The monoisotopic (exact) mass is 329 g/mol. The van der Waals surface area contributed by atoms with Crippen LogP contribution in [0, 0.1) is 0 Å². The molecule has 0 spiro atoms. The number of thioether (sulfide) groups is 1. The van der Waals surface area contributed by atoms with Crippen LogP contribution in [-0.4, -0.2) is 25.4 Å². The van der Waals surface area contributed by atoms with Gasteiger partial charge in [-0.25, -0.2) is 0 Å². The summed E-state index contributed by atoms with van der Waals surface area (Å²) in [6.45, 7) is 4.04. The number of hydrogen-bond donors (Lipinski definition) is 1. The van der Waals surface area contributed by atoms with Gasteiger partial charge in [-0.3, -0.25) is 4.79 Å². The molecule has 0 aliphatic heterocycles. The van der Waals surface area contributed by atoms with Crippen LogP contribution in [0.3, 0.4) is 0 Å². The Morgan fingerprint density at radius 3 is 2.70 bits per heavy atom. The van der Waals surface area contributed by atoms with Crippen LogP contribution in [0.1, 0.15) is 0 Å². The number of nitrogens with one attached hydrogen (secondary N) is 1. The highest BCUT2D eigenvalue weighted by Gasteiger charge is 2.05. The summed E-state index contributed by atoms with van der Waals surface area (Å²) in [6, 6.07) is 14.9. The van der Waals surface area contributed by atoms with Crippen LogP contribution in [-0.2, 0) is 4.79 Å². The van der Waals surface area contributed by atoms with Gasteiger partial charge in [0.15, 0.2) is 0 Å². The highest BCUT2D eigenvalue weighted by molar-refractivity contribution is 8.00. The van der Waals surface area contributed by atoms with Crippen LogP contribution in [0.5, 0.6) is 11.5 Å². The summed E-state index contributed by atoms with van der Waals surface area (Å²) in [5.74, 6) is 1.77. The van der Waals surface area contributed by atoms with Crippen molar-refractivity contribution in [3.63, 3.8) is 0 Å². The first-order valence-corrected chi connectivity index (χ1v) is 8.10. The second-order valence-electron chi connectivity index (χ2n) is 4.64. The molecule has 5 heteroatoms. The molecule has 4 nitrogen and oxygen atoms in total. The quantitative estimate of drug-likeness (QED) is 0.587. The van der Waals surface area contributed by atoms with Gasteiger partial charge in [-0.05, 0) is 36.4 Å². The normalized spacial score (nSPS) is 9.96. The van der Waals surface area contributed by atoms with Gasteiger partial charge < -0.3 is 14.8 Å². The van der Waals surface area contributed by atoms with E-state index in [2.05, 4.69) is 11.9 Å². The predicted molar refractivity (Wildman–Crippen MR) is 94.5 cm³/mol. The van der Waals surface area contributed by atoms with Gasteiger partial charge in [-0.15, -0.1) is 11.8 Å². The second kappa shape index (κ2) is 8.90. The highest BCUT2D eigenvalue weighted by atomic mass is 32.2. The summed E-state index contributed by atoms with van der Waals surface area (Å²) in [5.41, 5.74) is 0.715. The molecule has 0 saturated heterocycles. The fourth-order valence-electron chi connectivity index (χ4n) is 1.84. The molecule has 0 fully saturated rings. The molecule has 23 heavy (non-hydrogen) atoms. The van der Waals surface area contributed by atoms with Gasteiger partial charge in [0.1, 0.15) is 18.1 Å². The third kappa shape index (κ3) is 5.71. The van der Waals surface area contributed by atoms with Gasteiger partial charge in [-0.1, -0.05) is 18.7 Å². The lowest BCUT2D eigenvalue weighted by molar-refractivity contribution is -0.113. The first-order valence-electron chi connectivity index (χ1n) is 7.11. The summed E-state index contributed by atoms with van der Waals surface area (Å²) in [4.78, 5) is 13.0. The zero-order valence-corrected chi connectivity index (χ0v) is 13.8. The standard InChI is InChI=1S/C18H19NO3S/c1-3-11-22-16-6-4-5-14(12-16)19-18(20)13-23-17-9-7-15(21-2)8-10-17/h3-10,12H,1,11,13H2,2H3,(H,19,20). The Balaban J connectivity index is 1.85. The van der Waals surface area contributed by atoms with Gasteiger partial charge >= 0.3 is 0 Å². The first-order chi connectivity index (χ1) is 11.2. The fourth-order valence-corrected chi connectivity index (χ4v) is 2.54. The maximum absolute atomic E-state index is 12.0. The number of ether oxygens (including phenoxy) is 2. The molecular weight excluding hydrogens is 310 g/mol. The zero-order chi connectivity index (χ0) is 16.5. The third-order valence-corrected chi connectivity index (χ3v) is 3.93. The molecule has 0 bridgehead atoms. The number of anilines is 1. The third-order valence-electron chi connectivity index (χ3n) is 2.92. The number of carbonyl (C=O) groups is 1.